The van der Waals surface area contributed by atoms with Crippen molar-refractivity contribution in [3.63, 3.8) is 0 Å². The molecule has 0 bridgehead atoms. The number of benzene rings is 2. The van der Waals surface area contributed by atoms with Gasteiger partial charge in [0.15, 0.2) is 49.9 Å². The first kappa shape index (κ1) is 73.9. The summed E-state index contributed by atoms with van der Waals surface area (Å²) in [6, 6.07) is 0. The molecule has 420 valence electrons. The largest absolute Gasteiger partial charge is 0.412 e. The highest BCUT2D eigenvalue weighted by Gasteiger charge is 2.43. The lowest BCUT2D eigenvalue weighted by Gasteiger charge is -2.38. The first-order valence-corrected chi connectivity index (χ1v) is 49.6. The average molecular weight is 1780 g/mol. The fourth-order valence-electron chi connectivity index (χ4n) is 5.25. The van der Waals surface area contributed by atoms with Crippen molar-refractivity contribution in [2.75, 3.05) is 0 Å². The smallest absolute Gasteiger partial charge is 0.192 e. The molecular formula is C54H102I6O6Si6. The van der Waals surface area contributed by atoms with Gasteiger partial charge in [0.1, 0.15) is 0 Å². The molecule has 0 spiro atoms. The van der Waals surface area contributed by atoms with Crippen molar-refractivity contribution in [1.82, 2.24) is 0 Å². The molecule has 0 amide bonds. The topological polar surface area (TPSA) is 55.4 Å². The summed E-state index contributed by atoms with van der Waals surface area (Å²) in [5.74, 6) is 0. The summed E-state index contributed by atoms with van der Waals surface area (Å²) in [6.07, 6.45) is 0. The molecule has 0 saturated heterocycles. The molecule has 2 rings (SSSR count). The summed E-state index contributed by atoms with van der Waals surface area (Å²) >= 11 is 15.2. The van der Waals surface area contributed by atoms with E-state index in [0.717, 1.165) is 0 Å². The van der Waals surface area contributed by atoms with Gasteiger partial charge in [0.25, 0.3) is 0 Å². The van der Waals surface area contributed by atoms with Crippen LogP contribution in [0, 0.1) is 21.4 Å². The minimum atomic E-state index is -1.89. The van der Waals surface area contributed by atoms with Gasteiger partial charge in [-0.2, -0.15) is 0 Å². The van der Waals surface area contributed by atoms with Gasteiger partial charge in [0.2, 0.25) is 0 Å². The molecule has 2 aromatic rings. The second-order valence-corrected chi connectivity index (χ2v) is 64.4. The van der Waals surface area contributed by atoms with E-state index < -0.39 is 49.9 Å². The van der Waals surface area contributed by atoms with Crippen molar-refractivity contribution in [2.24, 2.45) is 0 Å². The van der Waals surface area contributed by atoms with Crippen LogP contribution in [0.25, 0.3) is 0 Å². The van der Waals surface area contributed by atoms with Crippen molar-refractivity contribution in [3.05, 3.63) is 54.8 Å². The molecule has 2 aromatic carbocycles. The Morgan fingerprint density at radius 2 is 0.306 bits per heavy atom. The molecular weight excluding hydrogens is 1670 g/mol. The van der Waals surface area contributed by atoms with Crippen molar-refractivity contribution in [1.29, 1.82) is 0 Å². The van der Waals surface area contributed by atoms with Crippen molar-refractivity contribution >= 4 is 185 Å². The minimum absolute atomic E-state index is 0.176. The van der Waals surface area contributed by atoms with Crippen LogP contribution in [-0.2, 0) is 66.2 Å². The molecule has 0 aliphatic carbocycles. The maximum absolute atomic E-state index is 6.75. The van der Waals surface area contributed by atoms with Crippen LogP contribution in [0.1, 0.15) is 158 Å². The number of hydrogen-bond donors (Lipinski definition) is 0. The number of hydrogen-bond acceptors (Lipinski definition) is 6. The van der Waals surface area contributed by atoms with Crippen LogP contribution in [0.4, 0.5) is 0 Å². The lowest BCUT2D eigenvalue weighted by molar-refractivity contribution is 0.261. The number of halogens is 6. The Bertz CT molecular complexity index is 1720. The van der Waals surface area contributed by atoms with Gasteiger partial charge >= 0.3 is 0 Å². The minimum Gasteiger partial charge on any atom is -0.412 e. The molecule has 18 heteroatoms. The van der Waals surface area contributed by atoms with Crippen LogP contribution in [-0.4, -0.2) is 49.9 Å². The zero-order valence-corrected chi connectivity index (χ0v) is 69.9. The van der Waals surface area contributed by atoms with Crippen LogP contribution >= 0.6 is 136 Å². The van der Waals surface area contributed by atoms with Gasteiger partial charge in [0, 0.05) is 54.8 Å². The third-order valence-electron chi connectivity index (χ3n) is 17.5. The van der Waals surface area contributed by atoms with E-state index in [4.69, 9.17) is 26.6 Å². The van der Waals surface area contributed by atoms with E-state index in [9.17, 15) is 0 Å². The summed E-state index contributed by atoms with van der Waals surface area (Å²) < 4.78 is 48.2. The molecule has 0 saturated carbocycles. The Morgan fingerprint density at radius 3 is 0.375 bits per heavy atom. The molecule has 0 heterocycles. The Kier molecular flexibility index (Phi) is 27.3. The summed E-state index contributed by atoms with van der Waals surface area (Å²) in [4.78, 5) is 0. The number of rotatable bonds is 18. The average Bonchev–Trinajstić information content (AvgIpc) is 3.14. The van der Waals surface area contributed by atoms with Crippen molar-refractivity contribution in [2.45, 2.75) is 273 Å². The Hall–Kier alpha value is 3.88. The van der Waals surface area contributed by atoms with Gasteiger partial charge in [-0.3, -0.25) is 0 Å². The Balaban J connectivity index is 0.000000720. The molecule has 0 N–H and O–H groups in total. The van der Waals surface area contributed by atoms with Gasteiger partial charge in [-0.05, 0) is 244 Å². The normalized spacial score (nSPS) is 14.5. The second-order valence-electron chi connectivity index (χ2n) is 29.0. The SMILES string of the molecule is CC(C)(C)[Si](C)(C)OCc1c(I)c(CO[Si](C)(C)C(C)(C)C)c(I)c(CO[Si](C)(C)C(C)(C)C)c1I.CC(C)(C)[Si](C)(C)OCc1c(I)c(CO[Si](C)(C)C(C)(C)C)c(I)c(CO[Si](C)(C)C(C)(C)C)c1I. The zero-order valence-electron chi connectivity index (χ0n) is 51.0. The van der Waals surface area contributed by atoms with Crippen molar-refractivity contribution < 1.29 is 26.6 Å². The standard InChI is InChI=1S/2C27H51I3O3Si3/c2*1-25(2,3)34(10,11)31-16-19-22(28)20(17-32-35(12,13)26(4,5)6)24(30)21(23(19)29)18-33-36(14,15)27(7,8)9/h2*16-18H2,1-15H3. The highest BCUT2D eigenvalue weighted by atomic mass is 127. The van der Waals surface area contributed by atoms with E-state index in [-0.39, 0.29) is 30.2 Å². The molecule has 0 aromatic heterocycles. The van der Waals surface area contributed by atoms with E-state index in [1.165, 1.54) is 54.8 Å². The molecule has 0 aliphatic rings. The predicted molar refractivity (Wildman–Crippen MR) is 381 cm³/mol. The summed E-state index contributed by atoms with van der Waals surface area (Å²) in [7, 11) is -11.3. The first-order chi connectivity index (χ1) is 31.5. The zero-order chi connectivity index (χ0) is 57.4. The lowest BCUT2D eigenvalue weighted by Crippen LogP contribution is -2.41. The van der Waals surface area contributed by atoms with Gasteiger partial charge in [0.05, 0.1) is 39.6 Å². The van der Waals surface area contributed by atoms with Gasteiger partial charge in [-0.25, -0.2) is 0 Å². The molecule has 0 fully saturated rings. The third-order valence-corrected chi connectivity index (χ3v) is 52.2. The highest BCUT2D eigenvalue weighted by molar-refractivity contribution is 14.1. The fourth-order valence-corrected chi connectivity index (χ4v) is 19.1. The van der Waals surface area contributed by atoms with Gasteiger partial charge in [-0.15, -0.1) is 0 Å². The van der Waals surface area contributed by atoms with Crippen LogP contribution in [0.15, 0.2) is 0 Å². The fraction of sp³-hybridized carbons (Fsp3) is 0.778. The summed E-state index contributed by atoms with van der Waals surface area (Å²) in [5.41, 5.74) is 7.77. The maximum Gasteiger partial charge on any atom is 0.192 e. The van der Waals surface area contributed by atoms with Gasteiger partial charge < -0.3 is 26.6 Å². The van der Waals surface area contributed by atoms with Crippen LogP contribution in [0.3, 0.4) is 0 Å². The Morgan fingerprint density at radius 1 is 0.222 bits per heavy atom. The monoisotopic (exact) mass is 1780 g/mol. The maximum atomic E-state index is 6.75. The molecule has 0 radical (unpaired) electrons. The molecule has 72 heavy (non-hydrogen) atoms. The summed E-state index contributed by atoms with van der Waals surface area (Å²) in [5, 5.41) is 1.06. The molecule has 0 unspecified atom stereocenters. The Labute approximate surface area is 532 Å². The molecule has 6 nitrogen and oxygen atoms in total. The van der Waals surface area contributed by atoms with Gasteiger partial charge in [-0.1, -0.05) is 125 Å². The highest BCUT2D eigenvalue weighted by Crippen LogP contribution is 2.45. The first-order valence-electron chi connectivity index (χ1n) is 25.7. The van der Waals surface area contributed by atoms with Crippen LogP contribution < -0.4 is 0 Å². The van der Waals surface area contributed by atoms with Crippen LogP contribution in [0.2, 0.25) is 109 Å². The molecule has 0 atom stereocenters. The quantitative estimate of drug-likeness (QED) is 0.110. The van der Waals surface area contributed by atoms with Crippen LogP contribution in [0.5, 0.6) is 0 Å². The second kappa shape index (κ2) is 26.6. The van der Waals surface area contributed by atoms with E-state index in [0.29, 0.717) is 39.6 Å². The van der Waals surface area contributed by atoms with E-state index in [1.54, 1.807) is 0 Å². The van der Waals surface area contributed by atoms with E-state index >= 15 is 0 Å². The third kappa shape index (κ3) is 19.5. The molecule has 0 aliphatic heterocycles. The van der Waals surface area contributed by atoms with E-state index in [1.807, 2.05) is 0 Å². The van der Waals surface area contributed by atoms with E-state index in [2.05, 4.69) is 339 Å². The summed E-state index contributed by atoms with van der Waals surface area (Å²) in [6.45, 7) is 73.4. The predicted octanol–water partition coefficient (Wildman–Crippen LogP) is 22.1. The van der Waals surface area contributed by atoms with Crippen molar-refractivity contribution in [3.8, 4) is 0 Å². The lowest BCUT2D eigenvalue weighted by atomic mass is 10.1.